The van der Waals surface area contributed by atoms with Gasteiger partial charge in [-0.05, 0) is 38.0 Å². The van der Waals surface area contributed by atoms with Crippen molar-refractivity contribution >= 4 is 6.03 Å². The second-order valence-corrected chi connectivity index (χ2v) is 5.85. The summed E-state index contributed by atoms with van der Waals surface area (Å²) >= 11 is 0. The SMILES string of the molecule is CCC(NC(=O)N1CC(C)OC(C)C1)c1ccc(OC)cc1. The van der Waals surface area contributed by atoms with Gasteiger partial charge < -0.3 is 19.7 Å². The number of urea groups is 1. The fourth-order valence-corrected chi connectivity index (χ4v) is 2.84. The first-order valence-electron chi connectivity index (χ1n) is 7.88. The Kier molecular flexibility index (Phi) is 5.66. The molecule has 0 spiro atoms. The van der Waals surface area contributed by atoms with Gasteiger partial charge in [0, 0.05) is 13.1 Å². The number of benzene rings is 1. The van der Waals surface area contributed by atoms with E-state index >= 15 is 0 Å². The summed E-state index contributed by atoms with van der Waals surface area (Å²) in [5.74, 6) is 0.820. The topological polar surface area (TPSA) is 50.8 Å². The van der Waals surface area contributed by atoms with Crippen LogP contribution in [0.15, 0.2) is 24.3 Å². The molecule has 2 amide bonds. The van der Waals surface area contributed by atoms with E-state index in [1.165, 1.54) is 0 Å². The van der Waals surface area contributed by atoms with E-state index in [1.807, 2.05) is 43.0 Å². The molecule has 1 N–H and O–H groups in total. The van der Waals surface area contributed by atoms with Gasteiger partial charge in [0.15, 0.2) is 0 Å². The lowest BCUT2D eigenvalue weighted by Gasteiger charge is -2.36. The van der Waals surface area contributed by atoms with E-state index in [-0.39, 0.29) is 24.3 Å². The molecule has 0 aliphatic carbocycles. The highest BCUT2D eigenvalue weighted by Gasteiger charge is 2.27. The van der Waals surface area contributed by atoms with Gasteiger partial charge in [-0.15, -0.1) is 0 Å². The maximum atomic E-state index is 12.5. The summed E-state index contributed by atoms with van der Waals surface area (Å²) in [4.78, 5) is 14.3. The number of amides is 2. The van der Waals surface area contributed by atoms with Crippen molar-refractivity contribution in [2.45, 2.75) is 45.4 Å². The number of ether oxygens (including phenoxy) is 2. The van der Waals surface area contributed by atoms with Gasteiger partial charge in [0.25, 0.3) is 0 Å². The predicted molar refractivity (Wildman–Crippen MR) is 86.1 cm³/mol. The third-order valence-corrected chi connectivity index (χ3v) is 3.93. The molecule has 5 nitrogen and oxygen atoms in total. The Labute approximate surface area is 132 Å². The van der Waals surface area contributed by atoms with Crippen LogP contribution in [0.5, 0.6) is 5.75 Å². The molecule has 0 bridgehead atoms. The minimum absolute atomic E-state index is 0.00635. The van der Waals surface area contributed by atoms with Gasteiger partial charge in [-0.2, -0.15) is 0 Å². The maximum absolute atomic E-state index is 12.5. The highest BCUT2D eigenvalue weighted by Crippen LogP contribution is 2.21. The first kappa shape index (κ1) is 16.6. The van der Waals surface area contributed by atoms with Crippen molar-refractivity contribution in [2.24, 2.45) is 0 Å². The quantitative estimate of drug-likeness (QED) is 0.930. The molecule has 22 heavy (non-hydrogen) atoms. The normalized spacial score (nSPS) is 23.0. The van der Waals surface area contributed by atoms with Crippen molar-refractivity contribution in [1.29, 1.82) is 0 Å². The van der Waals surface area contributed by atoms with Crippen LogP contribution in [-0.2, 0) is 4.74 Å². The molecule has 0 radical (unpaired) electrons. The summed E-state index contributed by atoms with van der Waals surface area (Å²) in [5.41, 5.74) is 1.09. The van der Waals surface area contributed by atoms with Gasteiger partial charge in [-0.25, -0.2) is 4.79 Å². The third kappa shape index (κ3) is 4.13. The number of nitrogens with one attached hydrogen (secondary N) is 1. The van der Waals surface area contributed by atoms with Crippen molar-refractivity contribution in [3.63, 3.8) is 0 Å². The molecule has 1 heterocycles. The van der Waals surface area contributed by atoms with Crippen LogP contribution in [0.4, 0.5) is 4.79 Å². The molecule has 2 rings (SSSR count). The standard InChI is InChI=1S/C17H26N2O3/c1-5-16(14-6-8-15(21-4)9-7-14)18-17(20)19-10-12(2)22-13(3)11-19/h6-9,12-13,16H,5,10-11H2,1-4H3,(H,18,20). The van der Waals surface area contributed by atoms with Crippen LogP contribution >= 0.6 is 0 Å². The van der Waals surface area contributed by atoms with Crippen LogP contribution in [0, 0.1) is 0 Å². The Morgan fingerprint density at radius 3 is 2.41 bits per heavy atom. The van der Waals surface area contributed by atoms with Crippen molar-refractivity contribution < 1.29 is 14.3 Å². The smallest absolute Gasteiger partial charge is 0.318 e. The molecule has 1 aliphatic rings. The van der Waals surface area contributed by atoms with Crippen molar-refractivity contribution in [3.8, 4) is 5.75 Å². The van der Waals surface area contributed by atoms with E-state index in [4.69, 9.17) is 9.47 Å². The average molecular weight is 306 g/mol. The Balaban J connectivity index is 2.00. The molecule has 1 fully saturated rings. The van der Waals surface area contributed by atoms with Crippen LogP contribution in [0.1, 0.15) is 38.8 Å². The van der Waals surface area contributed by atoms with E-state index in [2.05, 4.69) is 12.2 Å². The second kappa shape index (κ2) is 7.49. The Morgan fingerprint density at radius 2 is 1.91 bits per heavy atom. The number of methoxy groups -OCH3 is 1. The molecule has 122 valence electrons. The van der Waals surface area contributed by atoms with Crippen molar-refractivity contribution in [3.05, 3.63) is 29.8 Å². The van der Waals surface area contributed by atoms with Gasteiger partial charge in [-0.1, -0.05) is 19.1 Å². The van der Waals surface area contributed by atoms with E-state index < -0.39 is 0 Å². The van der Waals surface area contributed by atoms with Crippen LogP contribution in [0.3, 0.4) is 0 Å². The van der Waals surface area contributed by atoms with E-state index in [0.29, 0.717) is 13.1 Å². The zero-order chi connectivity index (χ0) is 16.1. The number of rotatable bonds is 4. The number of morpholine rings is 1. The lowest BCUT2D eigenvalue weighted by molar-refractivity contribution is -0.0547. The largest absolute Gasteiger partial charge is 0.497 e. The summed E-state index contributed by atoms with van der Waals surface area (Å²) < 4.78 is 10.8. The first-order chi connectivity index (χ1) is 10.5. The summed E-state index contributed by atoms with van der Waals surface area (Å²) in [5, 5.41) is 3.12. The van der Waals surface area contributed by atoms with E-state index in [9.17, 15) is 4.79 Å². The average Bonchev–Trinajstić information content (AvgIpc) is 2.51. The highest BCUT2D eigenvalue weighted by molar-refractivity contribution is 5.75. The molecular weight excluding hydrogens is 280 g/mol. The zero-order valence-electron chi connectivity index (χ0n) is 13.8. The Bertz CT molecular complexity index is 479. The Morgan fingerprint density at radius 1 is 1.32 bits per heavy atom. The molecule has 3 atom stereocenters. The van der Waals surface area contributed by atoms with Crippen LogP contribution in [0.2, 0.25) is 0 Å². The summed E-state index contributed by atoms with van der Waals surface area (Å²) in [6.07, 6.45) is 0.999. The molecule has 0 saturated carbocycles. The van der Waals surface area contributed by atoms with Gasteiger partial charge in [0.1, 0.15) is 5.75 Å². The Hall–Kier alpha value is -1.75. The second-order valence-electron chi connectivity index (χ2n) is 5.85. The molecule has 1 aromatic carbocycles. The molecule has 5 heteroatoms. The molecule has 0 aromatic heterocycles. The predicted octanol–water partition coefficient (Wildman–Crippen LogP) is 2.97. The first-order valence-corrected chi connectivity index (χ1v) is 7.88. The number of carbonyl (C=O) groups is 1. The van der Waals surface area contributed by atoms with Gasteiger partial charge in [0.05, 0.1) is 25.4 Å². The molecule has 1 saturated heterocycles. The number of hydrogen-bond acceptors (Lipinski definition) is 3. The van der Waals surface area contributed by atoms with Crippen LogP contribution in [0.25, 0.3) is 0 Å². The van der Waals surface area contributed by atoms with E-state index in [0.717, 1.165) is 17.7 Å². The van der Waals surface area contributed by atoms with E-state index in [1.54, 1.807) is 7.11 Å². The van der Waals surface area contributed by atoms with Crippen molar-refractivity contribution in [2.75, 3.05) is 20.2 Å². The molecule has 1 aliphatic heterocycles. The highest BCUT2D eigenvalue weighted by atomic mass is 16.5. The monoisotopic (exact) mass is 306 g/mol. The lowest BCUT2D eigenvalue weighted by atomic mass is 10.0. The number of carbonyl (C=O) groups excluding carboxylic acids is 1. The maximum Gasteiger partial charge on any atom is 0.318 e. The fraction of sp³-hybridized carbons (Fsp3) is 0.588. The molecular formula is C17H26N2O3. The summed E-state index contributed by atoms with van der Waals surface area (Å²) in [6, 6.07) is 7.82. The summed E-state index contributed by atoms with van der Waals surface area (Å²) in [7, 11) is 1.65. The minimum Gasteiger partial charge on any atom is -0.497 e. The van der Waals surface area contributed by atoms with Gasteiger partial charge >= 0.3 is 6.03 Å². The fourth-order valence-electron chi connectivity index (χ4n) is 2.84. The summed E-state index contributed by atoms with van der Waals surface area (Å²) in [6.45, 7) is 7.33. The van der Waals surface area contributed by atoms with Crippen molar-refractivity contribution in [1.82, 2.24) is 10.2 Å². The number of hydrogen-bond donors (Lipinski definition) is 1. The minimum atomic E-state index is -0.0235. The molecule has 1 aromatic rings. The van der Waals surface area contributed by atoms with Crippen LogP contribution < -0.4 is 10.1 Å². The van der Waals surface area contributed by atoms with Crippen LogP contribution in [-0.4, -0.2) is 43.3 Å². The lowest BCUT2D eigenvalue weighted by Crippen LogP contribution is -2.52. The zero-order valence-corrected chi connectivity index (χ0v) is 13.8. The van der Waals surface area contributed by atoms with Gasteiger partial charge in [0.2, 0.25) is 0 Å². The van der Waals surface area contributed by atoms with Gasteiger partial charge in [-0.3, -0.25) is 0 Å². The number of nitrogens with zero attached hydrogens (tertiary/aromatic N) is 1. The molecule has 3 unspecified atom stereocenters. The third-order valence-electron chi connectivity index (χ3n) is 3.93.